The van der Waals surface area contributed by atoms with Crippen molar-refractivity contribution in [3.05, 3.63) is 23.3 Å². The van der Waals surface area contributed by atoms with Crippen molar-refractivity contribution in [3.63, 3.8) is 0 Å². The fourth-order valence-corrected chi connectivity index (χ4v) is 1.16. The Morgan fingerprint density at radius 2 is 1.79 bits per heavy atom. The first kappa shape index (κ1) is 13.4. The quantitative estimate of drug-likeness (QED) is 0.665. The molecule has 0 radical (unpaired) electrons. The van der Waals surface area contributed by atoms with Gasteiger partial charge in [-0.05, 0) is 31.8 Å². The fourth-order valence-electron chi connectivity index (χ4n) is 1.16. The lowest BCUT2D eigenvalue weighted by molar-refractivity contribution is 0.148. The van der Waals surface area contributed by atoms with E-state index in [2.05, 4.69) is 33.8 Å². The minimum Gasteiger partial charge on any atom is -0.388 e. The van der Waals surface area contributed by atoms with Crippen LogP contribution in [0.4, 0.5) is 0 Å². The molecule has 0 amide bonds. The molecule has 0 rings (SSSR count). The van der Waals surface area contributed by atoms with E-state index < -0.39 is 0 Å². The number of hydrogen-bond acceptors (Lipinski definition) is 1. The molecule has 1 N–H and O–H groups in total. The molecule has 0 aliphatic heterocycles. The molecular weight excluding hydrogens is 172 g/mol. The molecule has 1 heteroatoms. The highest BCUT2D eigenvalue weighted by Crippen LogP contribution is 2.15. The predicted octanol–water partition coefficient (Wildman–Crippen LogP) is 3.70. The second-order valence-electron chi connectivity index (χ2n) is 4.11. The lowest BCUT2D eigenvalue weighted by Crippen LogP contribution is -2.17. The van der Waals surface area contributed by atoms with Gasteiger partial charge in [-0.2, -0.15) is 0 Å². The molecule has 14 heavy (non-hydrogen) atoms. The number of aliphatic hydroxyl groups is 1. The molecule has 0 heterocycles. The number of rotatable bonds is 5. The van der Waals surface area contributed by atoms with Crippen LogP contribution < -0.4 is 0 Å². The van der Waals surface area contributed by atoms with E-state index in [0.717, 1.165) is 18.4 Å². The van der Waals surface area contributed by atoms with E-state index in [1.807, 2.05) is 13.0 Å². The molecule has 0 fully saturated rings. The lowest BCUT2D eigenvalue weighted by Gasteiger charge is -2.17. The van der Waals surface area contributed by atoms with E-state index in [1.165, 1.54) is 5.57 Å². The van der Waals surface area contributed by atoms with Crippen molar-refractivity contribution in [1.82, 2.24) is 0 Å². The van der Waals surface area contributed by atoms with Crippen molar-refractivity contribution in [3.8, 4) is 0 Å². The van der Waals surface area contributed by atoms with Crippen LogP contribution in [0.3, 0.4) is 0 Å². The third kappa shape index (κ3) is 4.61. The molecule has 0 aromatic carbocycles. The number of aliphatic hydroxyl groups excluding tert-OH is 1. The highest BCUT2D eigenvalue weighted by atomic mass is 16.3. The van der Waals surface area contributed by atoms with Crippen molar-refractivity contribution in [2.24, 2.45) is 5.92 Å². The Bertz CT molecular complexity index is 213. The van der Waals surface area contributed by atoms with Crippen LogP contribution in [0.25, 0.3) is 0 Å². The van der Waals surface area contributed by atoms with Gasteiger partial charge in [0.05, 0.1) is 6.10 Å². The molecule has 0 aliphatic rings. The second-order valence-corrected chi connectivity index (χ2v) is 4.11. The summed E-state index contributed by atoms with van der Waals surface area (Å²) in [7, 11) is 0. The van der Waals surface area contributed by atoms with Crippen molar-refractivity contribution in [2.45, 2.75) is 53.6 Å². The van der Waals surface area contributed by atoms with Crippen molar-refractivity contribution in [1.29, 1.82) is 0 Å². The van der Waals surface area contributed by atoms with Gasteiger partial charge in [0.2, 0.25) is 0 Å². The normalized spacial score (nSPS) is 18.1. The summed E-state index contributed by atoms with van der Waals surface area (Å²) in [6.07, 6.45) is 5.93. The maximum atomic E-state index is 9.87. The maximum absolute atomic E-state index is 9.87. The van der Waals surface area contributed by atoms with Gasteiger partial charge in [-0.3, -0.25) is 0 Å². The van der Waals surface area contributed by atoms with E-state index in [9.17, 15) is 5.11 Å². The summed E-state index contributed by atoms with van der Waals surface area (Å²) in [6, 6.07) is 0. The zero-order valence-corrected chi connectivity index (χ0v) is 10.2. The van der Waals surface area contributed by atoms with Crippen LogP contribution in [0.5, 0.6) is 0 Å². The maximum Gasteiger partial charge on any atom is 0.0775 e. The molecule has 2 atom stereocenters. The predicted molar refractivity (Wildman–Crippen MR) is 63.3 cm³/mol. The lowest BCUT2D eigenvalue weighted by atomic mass is 9.95. The average molecular weight is 196 g/mol. The SMILES string of the molecule is CC/C(C)=C/C=C(\C)C(O)C(C)CC. The van der Waals surface area contributed by atoms with E-state index in [1.54, 1.807) is 0 Å². The smallest absolute Gasteiger partial charge is 0.0775 e. The van der Waals surface area contributed by atoms with Gasteiger partial charge in [0, 0.05) is 0 Å². The van der Waals surface area contributed by atoms with Crippen LogP contribution in [-0.4, -0.2) is 11.2 Å². The molecule has 1 nitrogen and oxygen atoms in total. The van der Waals surface area contributed by atoms with E-state index in [0.29, 0.717) is 5.92 Å². The Labute approximate surface area is 88.5 Å². The minimum absolute atomic E-state index is 0.291. The molecule has 0 aliphatic carbocycles. The Morgan fingerprint density at radius 1 is 1.21 bits per heavy atom. The number of hydrogen-bond donors (Lipinski definition) is 1. The van der Waals surface area contributed by atoms with Crippen LogP contribution in [0, 0.1) is 5.92 Å². The van der Waals surface area contributed by atoms with Crippen LogP contribution in [0.2, 0.25) is 0 Å². The molecule has 0 aromatic heterocycles. The third-order valence-electron chi connectivity index (χ3n) is 2.84. The molecular formula is C13H24O. The Kier molecular flexibility index (Phi) is 6.56. The third-order valence-corrected chi connectivity index (χ3v) is 2.84. The van der Waals surface area contributed by atoms with Gasteiger partial charge in [-0.1, -0.05) is 44.9 Å². The fraction of sp³-hybridized carbons (Fsp3) is 0.692. The van der Waals surface area contributed by atoms with Gasteiger partial charge in [0.25, 0.3) is 0 Å². The van der Waals surface area contributed by atoms with Crippen LogP contribution in [0.15, 0.2) is 23.3 Å². The molecule has 0 bridgehead atoms. The Morgan fingerprint density at radius 3 is 2.21 bits per heavy atom. The van der Waals surface area contributed by atoms with Gasteiger partial charge in [0.15, 0.2) is 0 Å². The summed E-state index contributed by atoms with van der Waals surface area (Å²) in [5, 5.41) is 9.87. The first-order valence-electron chi connectivity index (χ1n) is 5.54. The largest absolute Gasteiger partial charge is 0.388 e. The van der Waals surface area contributed by atoms with Gasteiger partial charge in [-0.25, -0.2) is 0 Å². The summed E-state index contributed by atoms with van der Waals surface area (Å²) >= 11 is 0. The van der Waals surface area contributed by atoms with E-state index in [4.69, 9.17) is 0 Å². The van der Waals surface area contributed by atoms with Crippen molar-refractivity contribution in [2.75, 3.05) is 0 Å². The molecule has 0 aromatic rings. The summed E-state index contributed by atoms with van der Waals surface area (Å²) in [4.78, 5) is 0. The summed E-state index contributed by atoms with van der Waals surface area (Å²) < 4.78 is 0. The monoisotopic (exact) mass is 196 g/mol. The Balaban J connectivity index is 4.37. The van der Waals surface area contributed by atoms with Crippen LogP contribution >= 0.6 is 0 Å². The first-order chi connectivity index (χ1) is 6.52. The molecule has 0 saturated carbocycles. The zero-order chi connectivity index (χ0) is 11.1. The Hall–Kier alpha value is -0.560. The number of allylic oxidation sites excluding steroid dienone is 3. The van der Waals surface area contributed by atoms with Crippen LogP contribution in [-0.2, 0) is 0 Å². The highest BCUT2D eigenvalue weighted by Gasteiger charge is 2.12. The molecule has 0 saturated heterocycles. The van der Waals surface area contributed by atoms with Gasteiger partial charge in [0.1, 0.15) is 0 Å². The molecule has 2 unspecified atom stereocenters. The van der Waals surface area contributed by atoms with E-state index in [-0.39, 0.29) is 6.10 Å². The molecule has 82 valence electrons. The standard InChI is InChI=1S/C13H24O/c1-6-10(3)8-9-12(5)13(14)11(4)7-2/h8-9,11,13-14H,6-7H2,1-5H3/b10-8+,12-9+. The topological polar surface area (TPSA) is 20.2 Å². The van der Waals surface area contributed by atoms with Crippen molar-refractivity contribution < 1.29 is 5.11 Å². The zero-order valence-electron chi connectivity index (χ0n) is 10.2. The molecule has 0 spiro atoms. The van der Waals surface area contributed by atoms with Gasteiger partial charge >= 0.3 is 0 Å². The second kappa shape index (κ2) is 6.83. The minimum atomic E-state index is -0.291. The van der Waals surface area contributed by atoms with E-state index >= 15 is 0 Å². The van der Waals surface area contributed by atoms with Crippen molar-refractivity contribution >= 4 is 0 Å². The highest BCUT2D eigenvalue weighted by molar-refractivity contribution is 5.18. The summed E-state index contributed by atoms with van der Waals surface area (Å²) in [5.41, 5.74) is 2.41. The van der Waals surface area contributed by atoms with Gasteiger partial charge in [-0.15, -0.1) is 0 Å². The first-order valence-corrected chi connectivity index (χ1v) is 5.54. The summed E-state index contributed by atoms with van der Waals surface area (Å²) in [5.74, 6) is 0.349. The van der Waals surface area contributed by atoms with Crippen LogP contribution in [0.1, 0.15) is 47.5 Å². The average Bonchev–Trinajstić information content (AvgIpc) is 2.22. The summed E-state index contributed by atoms with van der Waals surface area (Å²) in [6.45, 7) is 10.4. The van der Waals surface area contributed by atoms with Gasteiger partial charge < -0.3 is 5.11 Å².